The van der Waals surface area contributed by atoms with Gasteiger partial charge in [0.1, 0.15) is 17.1 Å². The molecule has 6 nitrogen and oxygen atoms in total. The Hall–Kier alpha value is -1.54. The second-order valence-corrected chi connectivity index (χ2v) is 6.19. The number of carbonyl (C=O) groups is 2. The van der Waals surface area contributed by atoms with Crippen LogP contribution in [0.2, 0.25) is 0 Å². The number of β-lactam (4-membered cyclic amide) rings is 1. The number of fused-ring (bicyclic) bond motifs is 1. The molecule has 1 saturated heterocycles. The van der Waals surface area contributed by atoms with Crippen molar-refractivity contribution in [2.75, 3.05) is 5.75 Å². The number of carboxylic acid groups (broad SMARTS) is 1. The molecule has 1 aromatic rings. The van der Waals surface area contributed by atoms with E-state index in [0.29, 0.717) is 17.9 Å². The summed E-state index contributed by atoms with van der Waals surface area (Å²) < 4.78 is 1.97. The molecule has 1 amide bonds. The molecule has 0 aliphatic carbocycles. The Labute approximate surface area is 156 Å². The second kappa shape index (κ2) is 8.53. The number of amides is 1. The van der Waals surface area contributed by atoms with E-state index in [0.717, 1.165) is 0 Å². The van der Waals surface area contributed by atoms with Crippen LogP contribution in [0.4, 0.5) is 0 Å². The van der Waals surface area contributed by atoms with Crippen LogP contribution in [0.1, 0.15) is 0 Å². The molecule has 0 saturated carbocycles. The lowest BCUT2D eigenvalue weighted by molar-refractivity contribution is -0.687. The number of aliphatic carboxylic acids is 1. The molecule has 2 atom stereocenters. The number of carboxylic acids is 1. The van der Waals surface area contributed by atoms with Crippen molar-refractivity contribution in [3.8, 4) is 0 Å². The lowest BCUT2D eigenvalue weighted by Crippen LogP contribution is -3.00. The predicted octanol–water partition coefficient (Wildman–Crippen LogP) is -2.46. The zero-order valence-corrected chi connectivity index (χ0v) is 14.9. The molecule has 3 rings (SSSR count). The van der Waals surface area contributed by atoms with Gasteiger partial charge in [0.2, 0.25) is 5.91 Å². The Morgan fingerprint density at radius 3 is 2.71 bits per heavy atom. The van der Waals surface area contributed by atoms with E-state index in [9.17, 15) is 14.7 Å². The number of thioether (sulfide) groups is 1. The summed E-state index contributed by atoms with van der Waals surface area (Å²) in [5.41, 5.74) is 6.42. The summed E-state index contributed by atoms with van der Waals surface area (Å²) in [5, 5.41) is 9.16. The van der Waals surface area contributed by atoms with Gasteiger partial charge in [-0.1, -0.05) is 12.1 Å². The molecule has 0 radical (unpaired) electrons. The summed E-state index contributed by atoms with van der Waals surface area (Å²) >= 11 is 1.50. The number of aromatic nitrogens is 1. The number of nitrogens with zero attached hydrogens (tertiary/aromatic N) is 2. The van der Waals surface area contributed by atoms with Crippen LogP contribution in [0, 0.1) is 0 Å². The van der Waals surface area contributed by atoms with Crippen LogP contribution >= 0.6 is 24.2 Å². The maximum Gasteiger partial charge on any atom is 0.352 e. The van der Waals surface area contributed by atoms with Gasteiger partial charge in [0.05, 0.1) is 0 Å². The Kier molecular flexibility index (Phi) is 7.28. The first-order chi connectivity index (χ1) is 10.6. The van der Waals surface area contributed by atoms with Crippen molar-refractivity contribution in [3.05, 3.63) is 54.0 Å². The van der Waals surface area contributed by atoms with Crippen molar-refractivity contribution in [1.29, 1.82) is 0 Å². The third kappa shape index (κ3) is 3.75. The monoisotopic (exact) mass is 389 g/mol. The van der Waals surface area contributed by atoms with Crippen molar-refractivity contribution in [2.45, 2.75) is 18.0 Å². The smallest absolute Gasteiger partial charge is 0.352 e. The highest BCUT2D eigenvalue weighted by molar-refractivity contribution is 8.00. The third-order valence-electron chi connectivity index (χ3n) is 3.65. The lowest BCUT2D eigenvalue weighted by atomic mass is 10.0. The average molecular weight is 390 g/mol. The normalized spacial score (nSPS) is 22.4. The molecule has 0 bridgehead atoms. The highest BCUT2D eigenvalue weighted by Crippen LogP contribution is 2.39. The molecule has 9 heteroatoms. The summed E-state index contributed by atoms with van der Waals surface area (Å²) in [5.74, 6) is -0.866. The third-order valence-corrected chi connectivity index (χ3v) is 4.98. The maximum absolute atomic E-state index is 11.8. The molecule has 0 unspecified atom stereocenters. The summed E-state index contributed by atoms with van der Waals surface area (Å²) in [4.78, 5) is 24.6. The minimum absolute atomic E-state index is 0. The molecular weight excluding hydrogens is 373 g/mol. The fraction of sp³-hybridized carbons (Fsp3) is 0.267. The second-order valence-electron chi connectivity index (χ2n) is 5.09. The minimum atomic E-state index is -1.09. The number of nitrogens with two attached hydrogens (primary N) is 1. The zero-order valence-electron chi connectivity index (χ0n) is 12.5. The molecule has 24 heavy (non-hydrogen) atoms. The average Bonchev–Trinajstić information content (AvgIpc) is 2.54. The lowest BCUT2D eigenvalue weighted by Gasteiger charge is -2.47. The molecular formula is C15H17Cl2N3O3S. The number of allylic oxidation sites excluding steroid dienone is 2. The van der Waals surface area contributed by atoms with Gasteiger partial charge in [-0.2, -0.15) is 0 Å². The first-order valence-corrected chi connectivity index (χ1v) is 7.92. The number of hydrogen-bond acceptors (Lipinski definition) is 4. The Morgan fingerprint density at radius 1 is 1.42 bits per heavy atom. The molecule has 2 aliphatic rings. The largest absolute Gasteiger partial charge is 1.00 e. The van der Waals surface area contributed by atoms with Crippen molar-refractivity contribution in [1.82, 2.24) is 4.90 Å². The standard InChI is InChI=1S/C15H15N3O3S.2ClH/c16-11-13(19)18-12(15(20)21)10(9-22-14(11)18)5-4-8-17-6-2-1-3-7-17;;/h1-7,11,14H,8-9,16H2;2*1H/b5-4+;;/t11-,14-;;/m1../s1. The summed E-state index contributed by atoms with van der Waals surface area (Å²) in [7, 11) is 0. The van der Waals surface area contributed by atoms with E-state index >= 15 is 0 Å². The first kappa shape index (κ1) is 20.5. The summed E-state index contributed by atoms with van der Waals surface area (Å²) in [6.07, 6.45) is 7.54. The number of pyridine rings is 1. The number of halogens is 2. The van der Waals surface area contributed by atoms with E-state index in [2.05, 4.69) is 0 Å². The number of carbonyl (C=O) groups excluding carboxylic acids is 1. The Bertz CT molecular complexity index is 682. The van der Waals surface area contributed by atoms with Gasteiger partial charge in [-0.15, -0.1) is 24.2 Å². The van der Waals surface area contributed by atoms with E-state index in [1.165, 1.54) is 16.7 Å². The maximum atomic E-state index is 11.8. The fourth-order valence-electron chi connectivity index (χ4n) is 2.54. The topological polar surface area (TPSA) is 87.5 Å². The van der Waals surface area contributed by atoms with Crippen molar-refractivity contribution in [3.63, 3.8) is 0 Å². The van der Waals surface area contributed by atoms with Crippen molar-refractivity contribution >= 4 is 36.0 Å². The quantitative estimate of drug-likeness (QED) is 0.440. The van der Waals surface area contributed by atoms with Crippen LogP contribution in [-0.2, 0) is 16.1 Å². The molecule has 130 valence electrons. The number of hydrogen-bond donors (Lipinski definition) is 2. The van der Waals surface area contributed by atoms with Crippen molar-refractivity contribution < 1.29 is 31.7 Å². The minimum Gasteiger partial charge on any atom is -1.00 e. The van der Waals surface area contributed by atoms with Crippen LogP contribution in [0.15, 0.2) is 54.0 Å². The van der Waals surface area contributed by atoms with Crippen LogP contribution in [0.25, 0.3) is 0 Å². The van der Waals surface area contributed by atoms with Crippen LogP contribution < -0.4 is 22.7 Å². The van der Waals surface area contributed by atoms with Crippen LogP contribution in [0.5, 0.6) is 0 Å². The van der Waals surface area contributed by atoms with Crippen LogP contribution in [-0.4, -0.2) is 39.1 Å². The molecule has 3 N–H and O–H groups in total. The summed E-state index contributed by atoms with van der Waals surface area (Å²) in [6.45, 7) is 0.638. The van der Waals surface area contributed by atoms with E-state index in [-0.39, 0.29) is 41.8 Å². The number of rotatable bonds is 4. The molecule has 3 heterocycles. The molecule has 0 aromatic carbocycles. The Balaban J connectivity index is 0.00000144. The van der Waals surface area contributed by atoms with Gasteiger partial charge in [0, 0.05) is 17.9 Å². The van der Waals surface area contributed by atoms with E-state index < -0.39 is 12.0 Å². The molecule has 1 fully saturated rings. The van der Waals surface area contributed by atoms with Crippen molar-refractivity contribution in [2.24, 2.45) is 5.73 Å². The Morgan fingerprint density at radius 2 is 2.08 bits per heavy atom. The van der Waals surface area contributed by atoms with E-state index in [1.807, 2.05) is 41.2 Å². The fourth-order valence-corrected chi connectivity index (χ4v) is 3.81. The zero-order chi connectivity index (χ0) is 15.7. The van der Waals surface area contributed by atoms with Gasteiger partial charge in [0.25, 0.3) is 0 Å². The van der Waals surface area contributed by atoms with Gasteiger partial charge in [0.15, 0.2) is 18.9 Å². The van der Waals surface area contributed by atoms with Gasteiger partial charge >= 0.3 is 5.97 Å². The van der Waals surface area contributed by atoms with Gasteiger partial charge in [-0.3, -0.25) is 9.69 Å². The molecule has 0 spiro atoms. The van der Waals surface area contributed by atoms with Crippen LogP contribution in [0.3, 0.4) is 0 Å². The predicted molar refractivity (Wildman–Crippen MR) is 88.8 cm³/mol. The SMILES string of the molecule is Cl.N[C@@H]1C(=O)N2C(C(=O)O)=C(/C=C/C[n+]3ccccc3)CS[C@H]12.[Cl-]. The van der Waals surface area contributed by atoms with Gasteiger partial charge in [-0.25, -0.2) is 9.36 Å². The molecule has 2 aliphatic heterocycles. The van der Waals surface area contributed by atoms with Gasteiger partial charge in [-0.05, 0) is 11.6 Å². The molecule has 1 aromatic heterocycles. The van der Waals surface area contributed by atoms with Gasteiger partial charge < -0.3 is 23.2 Å². The highest BCUT2D eigenvalue weighted by Gasteiger charge is 2.51. The van der Waals surface area contributed by atoms with E-state index in [4.69, 9.17) is 5.73 Å². The summed E-state index contributed by atoms with van der Waals surface area (Å²) in [6, 6.07) is 5.19. The highest BCUT2D eigenvalue weighted by atomic mass is 35.5. The first-order valence-electron chi connectivity index (χ1n) is 6.87. The van der Waals surface area contributed by atoms with E-state index in [1.54, 1.807) is 6.08 Å².